The second-order valence-electron chi connectivity index (χ2n) is 21.9. The van der Waals surface area contributed by atoms with Crippen LogP contribution < -0.4 is 0 Å². The summed E-state index contributed by atoms with van der Waals surface area (Å²) in [4.78, 5) is 9.03. The Morgan fingerprint density at radius 1 is 0.352 bits per heavy atom. The number of hydrogen-bond acceptors (Lipinski definition) is 4. The number of rotatable bonds is 10. The second-order valence-corrected chi connectivity index (χ2v) is 21.9. The number of aromatic nitrogens is 1. The van der Waals surface area contributed by atoms with E-state index < -0.39 is 5.41 Å². The summed E-state index contributed by atoms with van der Waals surface area (Å²) in [5.41, 5.74) is 16.7. The molecule has 2 N–H and O–H groups in total. The molecule has 0 saturated carbocycles. The van der Waals surface area contributed by atoms with E-state index in [-0.39, 0.29) is 27.7 Å². The Morgan fingerprint density at radius 3 is 1.04 bits per heavy atom. The zero-order valence-corrected chi connectivity index (χ0v) is 42.5. The highest BCUT2D eigenvalue weighted by molar-refractivity contribution is 5.88. The Labute approximate surface area is 421 Å². The first-order valence-corrected chi connectivity index (χ1v) is 24.6. The quantitative estimate of drug-likeness (QED) is 0.106. The van der Waals surface area contributed by atoms with E-state index in [0.29, 0.717) is 11.3 Å². The van der Waals surface area contributed by atoms with Crippen molar-refractivity contribution in [2.45, 2.75) is 84.0 Å². The monoisotopic (exact) mass is 928 g/mol. The molecular formula is C67H64N2O2. The van der Waals surface area contributed by atoms with Crippen molar-refractivity contribution in [3.63, 3.8) is 0 Å². The molecule has 0 radical (unpaired) electrons. The van der Waals surface area contributed by atoms with Crippen LogP contribution in [0.15, 0.2) is 212 Å². The molecule has 9 aromatic rings. The normalized spacial score (nSPS) is 12.4. The largest absolute Gasteiger partial charge is 0.507 e. The van der Waals surface area contributed by atoms with Crippen molar-refractivity contribution in [1.82, 2.24) is 4.98 Å². The van der Waals surface area contributed by atoms with Crippen LogP contribution >= 0.6 is 0 Å². The van der Waals surface area contributed by atoms with Crippen molar-refractivity contribution in [1.29, 1.82) is 0 Å². The maximum Gasteiger partial charge on any atom is 0.141 e. The van der Waals surface area contributed by atoms with Crippen molar-refractivity contribution in [3.8, 4) is 56.0 Å². The summed E-state index contributed by atoms with van der Waals surface area (Å²) in [5.74, 6) is 0.111. The van der Waals surface area contributed by atoms with Gasteiger partial charge >= 0.3 is 0 Å². The molecule has 354 valence electrons. The summed E-state index contributed by atoms with van der Waals surface area (Å²) < 4.78 is 0. The fraction of sp³-hybridized carbons (Fsp3) is 0.194. The van der Waals surface area contributed by atoms with Crippen molar-refractivity contribution >= 4 is 11.9 Å². The molecule has 0 fully saturated rings. The number of phenols is 2. The number of hydrogen-bond donors (Lipinski definition) is 2. The predicted octanol–water partition coefficient (Wildman–Crippen LogP) is 17.2. The van der Waals surface area contributed by atoms with Gasteiger partial charge in [0.05, 0.1) is 5.41 Å². The first-order valence-electron chi connectivity index (χ1n) is 24.6. The molecule has 4 heteroatoms. The number of aromatic hydroxyl groups is 2. The van der Waals surface area contributed by atoms with Crippen LogP contribution in [0.5, 0.6) is 11.5 Å². The molecule has 1 aromatic heterocycles. The first-order chi connectivity index (χ1) is 33.9. The second kappa shape index (κ2) is 19.2. The molecule has 4 nitrogen and oxygen atoms in total. The average molecular weight is 929 g/mol. The number of nitrogens with zero attached hydrogens (tertiary/aromatic N) is 2. The predicted molar refractivity (Wildman–Crippen MR) is 297 cm³/mol. The van der Waals surface area contributed by atoms with Gasteiger partial charge in [0.15, 0.2) is 0 Å². The van der Waals surface area contributed by atoms with E-state index in [1.54, 1.807) is 24.7 Å². The third kappa shape index (κ3) is 10.1. The molecule has 1 heterocycles. The molecule has 0 unspecified atom stereocenters. The van der Waals surface area contributed by atoms with Crippen LogP contribution in [0, 0.1) is 0 Å². The Morgan fingerprint density at radius 2 is 0.704 bits per heavy atom. The Hall–Kier alpha value is -7.82. The van der Waals surface area contributed by atoms with E-state index in [1.165, 1.54) is 16.7 Å². The van der Waals surface area contributed by atoms with Crippen molar-refractivity contribution in [2.75, 3.05) is 0 Å². The fourth-order valence-electron chi connectivity index (χ4n) is 9.60. The maximum absolute atomic E-state index is 12.1. The fourth-order valence-corrected chi connectivity index (χ4v) is 9.60. The van der Waals surface area contributed by atoms with Crippen LogP contribution in [-0.4, -0.2) is 21.4 Å². The highest BCUT2D eigenvalue weighted by atomic mass is 16.3. The Kier molecular flexibility index (Phi) is 13.0. The zero-order valence-electron chi connectivity index (χ0n) is 42.5. The number of pyridine rings is 1. The molecule has 71 heavy (non-hydrogen) atoms. The zero-order chi connectivity index (χ0) is 50.1. The van der Waals surface area contributed by atoms with Crippen LogP contribution in [0.3, 0.4) is 0 Å². The third-order valence-electron chi connectivity index (χ3n) is 14.0. The van der Waals surface area contributed by atoms with Gasteiger partial charge in [-0.3, -0.25) is 9.98 Å². The standard InChI is InChI=1S/C67H64N2O2/c1-64(2,3)54-25-12-45(13-26-54)48-18-31-57(32-19-48)67(58-33-20-49(21-34-58)46-14-27-55(28-15-46)65(4,5)6,59-35-22-50(23-36-59)47-16-29-56(30-17-47)66(7,8)9)60-37-38-61(63(71)42-60)69-44-53-41-51(24-39-62(53)70)52-11-10-40-68-43-52/h10-44,70-71H,1-9H3. The van der Waals surface area contributed by atoms with Crippen LogP contribution in [0.2, 0.25) is 0 Å². The van der Waals surface area contributed by atoms with Gasteiger partial charge in [-0.2, -0.15) is 0 Å². The van der Waals surface area contributed by atoms with E-state index >= 15 is 0 Å². The van der Waals surface area contributed by atoms with E-state index in [0.717, 1.165) is 66.8 Å². The minimum atomic E-state index is -0.895. The van der Waals surface area contributed by atoms with Gasteiger partial charge in [-0.25, -0.2) is 0 Å². The minimum Gasteiger partial charge on any atom is -0.507 e. The SMILES string of the molecule is CC(C)(C)c1ccc(-c2ccc(C(c3ccc(-c4ccc(C(C)(C)C)cc4)cc3)(c3ccc(-c4ccc(C(C)(C)C)cc4)cc3)c3ccc(N=Cc4cc(-c5cccnc5)ccc4O)c(O)c3)cc2)cc1. The Bertz CT molecular complexity index is 3050. The molecule has 0 aliphatic rings. The average Bonchev–Trinajstić information content (AvgIpc) is 3.37. The number of aliphatic imine (C=N–C) groups is 1. The molecule has 0 saturated heterocycles. The van der Waals surface area contributed by atoms with E-state index in [4.69, 9.17) is 4.99 Å². The van der Waals surface area contributed by atoms with E-state index in [9.17, 15) is 10.2 Å². The molecule has 0 aliphatic carbocycles. The molecule has 9 rings (SSSR count). The highest BCUT2D eigenvalue weighted by Crippen LogP contribution is 2.48. The van der Waals surface area contributed by atoms with Gasteiger partial charge in [0, 0.05) is 29.7 Å². The molecule has 0 amide bonds. The summed E-state index contributed by atoms with van der Waals surface area (Å²) >= 11 is 0. The smallest absolute Gasteiger partial charge is 0.141 e. The van der Waals surface area contributed by atoms with Crippen LogP contribution in [-0.2, 0) is 21.7 Å². The molecule has 0 spiro atoms. The molecular weight excluding hydrogens is 865 g/mol. The van der Waals surface area contributed by atoms with Gasteiger partial charge in [0.25, 0.3) is 0 Å². The van der Waals surface area contributed by atoms with E-state index in [1.807, 2.05) is 36.4 Å². The van der Waals surface area contributed by atoms with Gasteiger partial charge in [-0.1, -0.05) is 226 Å². The highest BCUT2D eigenvalue weighted by Gasteiger charge is 2.39. The van der Waals surface area contributed by atoms with Crippen LogP contribution in [0.25, 0.3) is 44.5 Å². The summed E-state index contributed by atoms with van der Waals surface area (Å²) in [6.45, 7) is 20.2. The Balaban J connectivity index is 1.20. The summed E-state index contributed by atoms with van der Waals surface area (Å²) in [5, 5.41) is 23.0. The molecule has 0 aliphatic heterocycles. The van der Waals surface area contributed by atoms with Gasteiger partial charge in [0.1, 0.15) is 17.2 Å². The maximum atomic E-state index is 12.1. The lowest BCUT2D eigenvalue weighted by molar-refractivity contribution is 0.473. The molecule has 0 bridgehead atoms. The van der Waals surface area contributed by atoms with Gasteiger partial charge in [-0.15, -0.1) is 0 Å². The van der Waals surface area contributed by atoms with Crippen molar-refractivity contribution in [2.24, 2.45) is 4.99 Å². The van der Waals surface area contributed by atoms with Gasteiger partial charge in [-0.05, 0) is 124 Å². The lowest BCUT2D eigenvalue weighted by Gasteiger charge is -2.37. The number of phenolic OH excluding ortho intramolecular Hbond substituents is 2. The van der Waals surface area contributed by atoms with Crippen LogP contribution in [0.1, 0.15) is 107 Å². The minimum absolute atomic E-state index is 0.0210. The van der Waals surface area contributed by atoms with E-state index in [2.05, 4.69) is 219 Å². The van der Waals surface area contributed by atoms with Crippen molar-refractivity contribution in [3.05, 3.63) is 251 Å². The first kappa shape index (κ1) is 48.2. The summed E-state index contributed by atoms with van der Waals surface area (Å²) in [6, 6.07) is 68.5. The molecule has 0 atom stereocenters. The van der Waals surface area contributed by atoms with Gasteiger partial charge in [0.2, 0.25) is 0 Å². The number of benzene rings is 8. The third-order valence-corrected chi connectivity index (χ3v) is 14.0. The lowest BCUT2D eigenvalue weighted by Crippen LogP contribution is -2.31. The summed E-state index contributed by atoms with van der Waals surface area (Å²) in [6.07, 6.45) is 5.12. The van der Waals surface area contributed by atoms with Crippen molar-refractivity contribution < 1.29 is 10.2 Å². The van der Waals surface area contributed by atoms with Crippen LogP contribution in [0.4, 0.5) is 5.69 Å². The topological polar surface area (TPSA) is 65.7 Å². The van der Waals surface area contributed by atoms with Gasteiger partial charge < -0.3 is 10.2 Å². The summed E-state index contributed by atoms with van der Waals surface area (Å²) in [7, 11) is 0. The lowest BCUT2D eigenvalue weighted by atomic mass is 9.64. The molecule has 8 aromatic carbocycles.